The molecular formula is C16H28N4O. The van der Waals surface area contributed by atoms with Crippen LogP contribution in [0, 0.1) is 6.92 Å². The first-order chi connectivity index (χ1) is 10.1. The third kappa shape index (κ3) is 3.64. The molecule has 1 unspecified atom stereocenters. The number of hydrogen-bond donors (Lipinski definition) is 1. The maximum Gasteiger partial charge on any atom is 0.137 e. The number of likely N-dealkylation sites (N-methyl/N-ethyl adjacent to an activating group) is 1. The van der Waals surface area contributed by atoms with E-state index in [4.69, 9.17) is 14.7 Å². The van der Waals surface area contributed by atoms with Gasteiger partial charge in [0.1, 0.15) is 17.5 Å². The van der Waals surface area contributed by atoms with Crippen molar-refractivity contribution in [2.75, 3.05) is 37.0 Å². The second kappa shape index (κ2) is 7.07. The van der Waals surface area contributed by atoms with Gasteiger partial charge in [0.25, 0.3) is 0 Å². The van der Waals surface area contributed by atoms with Crippen LogP contribution in [0.25, 0.3) is 0 Å². The molecule has 0 aliphatic heterocycles. The van der Waals surface area contributed by atoms with Crippen molar-refractivity contribution in [3.63, 3.8) is 0 Å². The minimum absolute atomic E-state index is 0.301. The summed E-state index contributed by atoms with van der Waals surface area (Å²) in [5, 5.41) is 3.38. The fourth-order valence-corrected chi connectivity index (χ4v) is 2.67. The summed E-state index contributed by atoms with van der Waals surface area (Å²) >= 11 is 0. The van der Waals surface area contributed by atoms with Gasteiger partial charge in [-0.05, 0) is 40.5 Å². The van der Waals surface area contributed by atoms with Crippen LogP contribution >= 0.6 is 0 Å². The lowest BCUT2D eigenvalue weighted by Gasteiger charge is -2.30. The molecule has 1 aromatic heterocycles. The molecule has 1 aliphatic carbocycles. The van der Waals surface area contributed by atoms with E-state index in [1.807, 2.05) is 0 Å². The molecule has 0 amide bonds. The van der Waals surface area contributed by atoms with Crippen LogP contribution in [0.1, 0.15) is 50.9 Å². The van der Waals surface area contributed by atoms with E-state index in [2.05, 4.69) is 37.9 Å². The van der Waals surface area contributed by atoms with Crippen LogP contribution in [-0.4, -0.2) is 42.8 Å². The van der Waals surface area contributed by atoms with Crippen LogP contribution in [-0.2, 0) is 4.74 Å². The molecule has 5 nitrogen and oxygen atoms in total. The predicted molar refractivity (Wildman–Crippen MR) is 87.3 cm³/mol. The molecule has 1 saturated carbocycles. The summed E-state index contributed by atoms with van der Waals surface area (Å²) in [6.07, 6.45) is 2.43. The van der Waals surface area contributed by atoms with E-state index in [-0.39, 0.29) is 0 Å². The van der Waals surface area contributed by atoms with Gasteiger partial charge in [0.2, 0.25) is 0 Å². The Morgan fingerprint density at radius 3 is 2.57 bits per heavy atom. The highest BCUT2D eigenvalue weighted by Gasteiger charge is 2.29. The Morgan fingerprint density at radius 2 is 2.05 bits per heavy atom. The van der Waals surface area contributed by atoms with E-state index in [0.717, 1.165) is 36.1 Å². The van der Waals surface area contributed by atoms with Gasteiger partial charge < -0.3 is 15.0 Å². The van der Waals surface area contributed by atoms with Crippen LogP contribution < -0.4 is 10.2 Å². The minimum Gasteiger partial charge on any atom is -0.383 e. The van der Waals surface area contributed by atoms with Gasteiger partial charge >= 0.3 is 0 Å². The molecule has 5 heteroatoms. The second-order valence-electron chi connectivity index (χ2n) is 5.77. The molecule has 1 aliphatic rings. The van der Waals surface area contributed by atoms with E-state index in [1.54, 1.807) is 7.11 Å². The Morgan fingerprint density at radius 1 is 1.33 bits per heavy atom. The van der Waals surface area contributed by atoms with E-state index in [9.17, 15) is 0 Å². The van der Waals surface area contributed by atoms with Crippen molar-refractivity contribution in [1.82, 2.24) is 9.97 Å². The highest BCUT2D eigenvalue weighted by molar-refractivity contribution is 5.59. The smallest absolute Gasteiger partial charge is 0.137 e. The molecule has 21 heavy (non-hydrogen) atoms. The zero-order chi connectivity index (χ0) is 15.4. The Bertz CT molecular complexity index is 474. The maximum atomic E-state index is 5.31. The van der Waals surface area contributed by atoms with E-state index < -0.39 is 0 Å². The Hall–Kier alpha value is -1.36. The van der Waals surface area contributed by atoms with Crippen molar-refractivity contribution < 1.29 is 4.74 Å². The summed E-state index contributed by atoms with van der Waals surface area (Å²) in [5.41, 5.74) is 1.13. The SMILES string of the molecule is CCNc1nc(C2CC2)nc(N(CC)C(C)COC)c1C. The van der Waals surface area contributed by atoms with Crippen molar-refractivity contribution in [2.45, 2.75) is 52.5 Å². The molecule has 1 heterocycles. The summed E-state index contributed by atoms with van der Waals surface area (Å²) in [7, 11) is 1.75. The van der Waals surface area contributed by atoms with Crippen molar-refractivity contribution in [1.29, 1.82) is 0 Å². The second-order valence-corrected chi connectivity index (χ2v) is 5.77. The average Bonchev–Trinajstić information content (AvgIpc) is 3.28. The summed E-state index contributed by atoms with van der Waals surface area (Å²) < 4.78 is 5.31. The van der Waals surface area contributed by atoms with E-state index in [0.29, 0.717) is 18.6 Å². The van der Waals surface area contributed by atoms with Crippen LogP contribution in [0.2, 0.25) is 0 Å². The lowest BCUT2D eigenvalue weighted by atomic mass is 10.2. The zero-order valence-electron chi connectivity index (χ0n) is 13.9. The summed E-state index contributed by atoms with van der Waals surface area (Å²) in [6.45, 7) is 11.0. The predicted octanol–water partition coefficient (Wildman–Crippen LogP) is 2.96. The Labute approximate surface area is 128 Å². The van der Waals surface area contributed by atoms with Crippen LogP contribution in [0.5, 0.6) is 0 Å². The van der Waals surface area contributed by atoms with Gasteiger partial charge in [0.05, 0.1) is 12.6 Å². The molecule has 118 valence electrons. The molecular weight excluding hydrogens is 264 g/mol. The third-order valence-electron chi connectivity index (χ3n) is 3.98. The van der Waals surface area contributed by atoms with Crippen molar-refractivity contribution in [2.24, 2.45) is 0 Å². The fourth-order valence-electron chi connectivity index (χ4n) is 2.67. The normalized spacial score (nSPS) is 15.9. The molecule has 1 fully saturated rings. The minimum atomic E-state index is 0.301. The third-order valence-corrected chi connectivity index (χ3v) is 3.98. The van der Waals surface area contributed by atoms with Gasteiger partial charge in [-0.1, -0.05) is 0 Å². The van der Waals surface area contributed by atoms with Crippen LogP contribution in [0.15, 0.2) is 0 Å². The first kappa shape index (κ1) is 16.0. The lowest BCUT2D eigenvalue weighted by molar-refractivity contribution is 0.181. The number of methoxy groups -OCH3 is 1. The number of aromatic nitrogens is 2. The number of hydrogen-bond acceptors (Lipinski definition) is 5. The van der Waals surface area contributed by atoms with Gasteiger partial charge in [-0.25, -0.2) is 9.97 Å². The van der Waals surface area contributed by atoms with Crippen LogP contribution in [0.3, 0.4) is 0 Å². The van der Waals surface area contributed by atoms with Crippen molar-refractivity contribution in [3.05, 3.63) is 11.4 Å². The standard InChI is InChI=1S/C16H28N4O/c1-6-17-14-12(4)16(19-15(18-14)13-8-9-13)20(7-2)11(3)10-21-5/h11,13H,6-10H2,1-5H3,(H,17,18,19). The zero-order valence-corrected chi connectivity index (χ0v) is 13.9. The Kier molecular flexibility index (Phi) is 5.39. The van der Waals surface area contributed by atoms with Gasteiger partial charge in [-0.2, -0.15) is 0 Å². The summed E-state index contributed by atoms with van der Waals surface area (Å²) in [4.78, 5) is 11.9. The molecule has 2 rings (SSSR count). The van der Waals surface area contributed by atoms with Crippen LogP contribution in [0.4, 0.5) is 11.6 Å². The molecule has 1 N–H and O–H groups in total. The fraction of sp³-hybridized carbons (Fsp3) is 0.750. The average molecular weight is 292 g/mol. The van der Waals surface area contributed by atoms with Crippen molar-refractivity contribution in [3.8, 4) is 0 Å². The summed E-state index contributed by atoms with van der Waals surface area (Å²) in [6, 6.07) is 0.301. The van der Waals surface area contributed by atoms with E-state index >= 15 is 0 Å². The first-order valence-electron chi connectivity index (χ1n) is 8.00. The topological polar surface area (TPSA) is 50.3 Å². The summed E-state index contributed by atoms with van der Waals surface area (Å²) in [5.74, 6) is 3.58. The molecule has 0 radical (unpaired) electrons. The molecule has 1 atom stereocenters. The van der Waals surface area contributed by atoms with Gasteiger partial charge in [0.15, 0.2) is 0 Å². The quantitative estimate of drug-likeness (QED) is 0.798. The number of ether oxygens (including phenoxy) is 1. The molecule has 0 spiro atoms. The molecule has 0 saturated heterocycles. The lowest BCUT2D eigenvalue weighted by Crippen LogP contribution is -2.37. The first-order valence-corrected chi connectivity index (χ1v) is 8.00. The number of rotatable bonds is 8. The van der Waals surface area contributed by atoms with Gasteiger partial charge in [0, 0.05) is 31.7 Å². The highest BCUT2D eigenvalue weighted by Crippen LogP contribution is 2.40. The molecule has 0 bridgehead atoms. The number of anilines is 2. The largest absolute Gasteiger partial charge is 0.383 e. The molecule has 1 aromatic rings. The Balaban J connectivity index is 2.38. The van der Waals surface area contributed by atoms with E-state index in [1.165, 1.54) is 12.8 Å². The highest BCUT2D eigenvalue weighted by atomic mass is 16.5. The number of nitrogens with zero attached hydrogens (tertiary/aromatic N) is 3. The monoisotopic (exact) mass is 292 g/mol. The maximum absolute atomic E-state index is 5.31. The van der Waals surface area contributed by atoms with Gasteiger partial charge in [-0.3, -0.25) is 0 Å². The van der Waals surface area contributed by atoms with Crippen molar-refractivity contribution >= 4 is 11.6 Å². The number of nitrogens with one attached hydrogen (secondary N) is 1. The van der Waals surface area contributed by atoms with Gasteiger partial charge in [-0.15, -0.1) is 0 Å². The molecule has 0 aromatic carbocycles.